The Hall–Kier alpha value is -2.79. The molecule has 1 aliphatic carbocycles. The summed E-state index contributed by atoms with van der Waals surface area (Å²) in [5, 5.41) is 9.17. The molecule has 184 valence electrons. The van der Waals surface area contributed by atoms with Crippen LogP contribution in [0.15, 0.2) is 24.3 Å². The van der Waals surface area contributed by atoms with Gasteiger partial charge in [0.25, 0.3) is 0 Å². The maximum atomic E-state index is 13.7. The topological polar surface area (TPSA) is 86.1 Å². The lowest BCUT2D eigenvalue weighted by Crippen LogP contribution is -2.50. The maximum absolute atomic E-state index is 13.7. The van der Waals surface area contributed by atoms with E-state index in [-0.39, 0.29) is 18.6 Å². The number of amides is 2. The monoisotopic (exact) mass is 468 g/mol. The molecule has 2 heterocycles. The molecule has 0 radical (unpaired) electrons. The van der Waals surface area contributed by atoms with E-state index in [1.165, 1.54) is 24.2 Å². The maximum Gasteiger partial charge on any atom is 0.411 e. The Kier molecular flexibility index (Phi) is 7.32. The van der Waals surface area contributed by atoms with Crippen molar-refractivity contribution in [1.29, 1.82) is 5.26 Å². The van der Waals surface area contributed by atoms with Crippen molar-refractivity contribution in [3.8, 4) is 11.8 Å². The van der Waals surface area contributed by atoms with Crippen molar-refractivity contribution >= 4 is 12.0 Å². The summed E-state index contributed by atoms with van der Waals surface area (Å²) in [6.45, 7) is 9.03. The minimum absolute atomic E-state index is 0.0294. The summed E-state index contributed by atoms with van der Waals surface area (Å²) < 4.78 is 11.7. The molecule has 0 N–H and O–H groups in total. The van der Waals surface area contributed by atoms with Crippen LogP contribution in [0.1, 0.15) is 58.4 Å². The summed E-state index contributed by atoms with van der Waals surface area (Å²) in [4.78, 5) is 32.7. The number of nitrogens with zero attached hydrogens (tertiary/aromatic N) is 4. The molecule has 0 spiro atoms. The van der Waals surface area contributed by atoms with E-state index in [1.807, 2.05) is 25.7 Å². The van der Waals surface area contributed by atoms with Crippen molar-refractivity contribution in [2.75, 3.05) is 32.7 Å². The Morgan fingerprint density at radius 1 is 1.09 bits per heavy atom. The van der Waals surface area contributed by atoms with Crippen molar-refractivity contribution in [3.63, 3.8) is 0 Å². The first-order valence-electron chi connectivity index (χ1n) is 12.4. The smallest absolute Gasteiger partial charge is 0.411 e. The first-order valence-corrected chi connectivity index (χ1v) is 12.4. The summed E-state index contributed by atoms with van der Waals surface area (Å²) >= 11 is 0. The van der Waals surface area contributed by atoms with Crippen LogP contribution in [-0.2, 0) is 9.53 Å². The van der Waals surface area contributed by atoms with Gasteiger partial charge in [0.2, 0.25) is 5.91 Å². The molecular formula is C26H36N4O4. The Morgan fingerprint density at radius 2 is 1.88 bits per heavy atom. The van der Waals surface area contributed by atoms with Crippen LogP contribution in [0.3, 0.4) is 0 Å². The highest BCUT2D eigenvalue weighted by molar-refractivity contribution is 5.86. The van der Waals surface area contributed by atoms with E-state index in [2.05, 4.69) is 11.0 Å². The zero-order valence-electron chi connectivity index (χ0n) is 20.5. The van der Waals surface area contributed by atoms with Gasteiger partial charge in [0, 0.05) is 38.6 Å². The molecule has 1 aromatic rings. The molecule has 8 heteroatoms. The Bertz CT molecular complexity index is 933. The Morgan fingerprint density at radius 3 is 2.56 bits per heavy atom. The average molecular weight is 469 g/mol. The van der Waals surface area contributed by atoms with Crippen molar-refractivity contribution in [2.45, 2.75) is 76.7 Å². The number of carbonyl (C=O) groups is 2. The van der Waals surface area contributed by atoms with E-state index in [4.69, 9.17) is 9.47 Å². The molecular weight excluding hydrogens is 432 g/mol. The molecule has 2 aliphatic heterocycles. The Labute approximate surface area is 202 Å². The van der Waals surface area contributed by atoms with Gasteiger partial charge in [0.15, 0.2) is 0 Å². The first-order chi connectivity index (χ1) is 16.2. The van der Waals surface area contributed by atoms with E-state index in [9.17, 15) is 14.9 Å². The third kappa shape index (κ3) is 5.82. The summed E-state index contributed by atoms with van der Waals surface area (Å²) in [5.74, 6) is 0.533. The van der Waals surface area contributed by atoms with Crippen LogP contribution in [0.25, 0.3) is 0 Å². The molecule has 1 saturated carbocycles. The SMILES string of the molecule is CC(C)(C)OC(=O)N1C[C@@H](Oc2cccc(C#N)c2)C[C@@H]1C(=O)N1CCCN(C2CCC2)CC1. The number of rotatable bonds is 4. The summed E-state index contributed by atoms with van der Waals surface area (Å²) in [5.41, 5.74) is -0.149. The zero-order valence-corrected chi connectivity index (χ0v) is 20.5. The second kappa shape index (κ2) is 10.2. The number of benzene rings is 1. The van der Waals surface area contributed by atoms with Gasteiger partial charge in [-0.05, 0) is 58.2 Å². The van der Waals surface area contributed by atoms with Crippen molar-refractivity contribution in [1.82, 2.24) is 14.7 Å². The summed E-state index contributed by atoms with van der Waals surface area (Å²) in [6.07, 6.45) is 4.32. The third-order valence-electron chi connectivity index (χ3n) is 6.87. The number of hydrogen-bond donors (Lipinski definition) is 0. The van der Waals surface area contributed by atoms with Crippen LogP contribution < -0.4 is 4.74 Å². The largest absolute Gasteiger partial charge is 0.488 e. The average Bonchev–Trinajstić information content (AvgIpc) is 3.02. The molecule has 34 heavy (non-hydrogen) atoms. The van der Waals surface area contributed by atoms with Crippen LogP contribution in [-0.4, -0.2) is 83.2 Å². The summed E-state index contributed by atoms with van der Waals surface area (Å²) in [6, 6.07) is 9.11. The van der Waals surface area contributed by atoms with E-state index in [0.29, 0.717) is 36.9 Å². The molecule has 0 bridgehead atoms. The van der Waals surface area contributed by atoms with E-state index >= 15 is 0 Å². The third-order valence-corrected chi connectivity index (χ3v) is 6.87. The standard InChI is InChI=1S/C26H36N4O4/c1-26(2,3)34-25(32)30-18-22(33-21-10-4-7-19(15-21)17-27)16-23(30)24(31)29-12-6-11-28(13-14-29)20-8-5-9-20/h4,7,10,15,20,22-23H,5-6,8-9,11-14,16,18H2,1-3H3/t22-,23+/m0/s1. The molecule has 0 aromatic heterocycles. The number of hydrogen-bond acceptors (Lipinski definition) is 6. The van der Waals surface area contributed by atoms with Gasteiger partial charge in [-0.15, -0.1) is 0 Å². The minimum Gasteiger partial charge on any atom is -0.488 e. The highest BCUT2D eigenvalue weighted by atomic mass is 16.6. The normalized spacial score (nSPS) is 24.2. The van der Waals surface area contributed by atoms with Crippen LogP contribution in [0.2, 0.25) is 0 Å². The van der Waals surface area contributed by atoms with Gasteiger partial charge >= 0.3 is 6.09 Å². The predicted octanol–water partition coefficient (Wildman–Crippen LogP) is 3.40. The fraction of sp³-hybridized carbons (Fsp3) is 0.654. The van der Waals surface area contributed by atoms with Crippen molar-refractivity contribution in [3.05, 3.63) is 29.8 Å². The van der Waals surface area contributed by atoms with Crippen LogP contribution in [0.5, 0.6) is 5.75 Å². The first kappa shape index (κ1) is 24.3. The van der Waals surface area contributed by atoms with Gasteiger partial charge in [0.1, 0.15) is 23.5 Å². The van der Waals surface area contributed by atoms with Gasteiger partial charge in [-0.25, -0.2) is 4.79 Å². The van der Waals surface area contributed by atoms with Gasteiger partial charge in [-0.1, -0.05) is 12.5 Å². The zero-order chi connectivity index (χ0) is 24.3. The fourth-order valence-corrected chi connectivity index (χ4v) is 4.96. The van der Waals surface area contributed by atoms with Crippen molar-refractivity contribution < 1.29 is 19.1 Å². The van der Waals surface area contributed by atoms with Crippen LogP contribution in [0.4, 0.5) is 4.79 Å². The van der Waals surface area contributed by atoms with Gasteiger partial charge in [0.05, 0.1) is 18.2 Å². The fourth-order valence-electron chi connectivity index (χ4n) is 4.96. The molecule has 2 amide bonds. The molecule has 3 fully saturated rings. The highest BCUT2D eigenvalue weighted by Crippen LogP contribution is 2.29. The number of ether oxygens (including phenoxy) is 2. The van der Waals surface area contributed by atoms with E-state index in [0.717, 1.165) is 19.5 Å². The molecule has 8 nitrogen and oxygen atoms in total. The van der Waals surface area contributed by atoms with Gasteiger partial charge < -0.3 is 14.4 Å². The lowest BCUT2D eigenvalue weighted by molar-refractivity contribution is -0.135. The van der Waals surface area contributed by atoms with E-state index < -0.39 is 17.7 Å². The number of likely N-dealkylation sites (tertiary alicyclic amines) is 1. The minimum atomic E-state index is -0.656. The Balaban J connectivity index is 1.46. The quantitative estimate of drug-likeness (QED) is 0.673. The number of nitriles is 1. The number of carbonyl (C=O) groups excluding carboxylic acids is 2. The predicted molar refractivity (Wildman–Crippen MR) is 127 cm³/mol. The highest BCUT2D eigenvalue weighted by Gasteiger charge is 2.44. The van der Waals surface area contributed by atoms with Gasteiger partial charge in [-0.3, -0.25) is 14.6 Å². The lowest BCUT2D eigenvalue weighted by atomic mass is 9.91. The molecule has 0 unspecified atom stereocenters. The van der Waals surface area contributed by atoms with Crippen LogP contribution in [0, 0.1) is 11.3 Å². The molecule has 2 atom stereocenters. The van der Waals surface area contributed by atoms with Crippen LogP contribution >= 0.6 is 0 Å². The van der Waals surface area contributed by atoms with Crippen molar-refractivity contribution in [2.24, 2.45) is 0 Å². The lowest BCUT2D eigenvalue weighted by Gasteiger charge is -2.37. The molecule has 3 aliphatic rings. The van der Waals surface area contributed by atoms with E-state index in [1.54, 1.807) is 24.3 Å². The second-order valence-electron chi connectivity index (χ2n) is 10.6. The molecule has 2 saturated heterocycles. The molecule has 1 aromatic carbocycles. The second-order valence-corrected chi connectivity index (χ2v) is 10.6. The molecule has 4 rings (SSSR count). The summed E-state index contributed by atoms with van der Waals surface area (Å²) in [7, 11) is 0. The van der Waals surface area contributed by atoms with Gasteiger partial charge in [-0.2, -0.15) is 5.26 Å².